The molecule has 0 aliphatic carbocycles. The average molecular weight is 232 g/mol. The summed E-state index contributed by atoms with van der Waals surface area (Å²) in [6, 6.07) is 5.08. The summed E-state index contributed by atoms with van der Waals surface area (Å²) in [6.07, 6.45) is 0. The highest BCUT2D eigenvalue weighted by molar-refractivity contribution is 9.10. The van der Waals surface area contributed by atoms with Crippen molar-refractivity contribution in [2.75, 3.05) is 13.7 Å². The second kappa shape index (κ2) is 4.42. The van der Waals surface area contributed by atoms with E-state index in [-0.39, 0.29) is 5.56 Å². The number of hydrogen-bond acceptors (Lipinski definition) is 2. The summed E-state index contributed by atoms with van der Waals surface area (Å²) < 4.78 is 7.27. The Morgan fingerprint density at radius 3 is 2.92 bits per heavy atom. The summed E-state index contributed by atoms with van der Waals surface area (Å²) >= 11 is 3.28. The van der Waals surface area contributed by atoms with E-state index in [9.17, 15) is 4.79 Å². The van der Waals surface area contributed by atoms with Gasteiger partial charge >= 0.3 is 0 Å². The Hall–Kier alpha value is -0.610. The van der Waals surface area contributed by atoms with Gasteiger partial charge in [-0.1, -0.05) is 6.07 Å². The van der Waals surface area contributed by atoms with E-state index in [4.69, 9.17) is 4.74 Å². The minimum Gasteiger partial charge on any atom is -0.383 e. The largest absolute Gasteiger partial charge is 0.383 e. The summed E-state index contributed by atoms with van der Waals surface area (Å²) in [5.41, 5.74) is -0.0126. The molecule has 12 heavy (non-hydrogen) atoms. The second-order valence-corrected chi connectivity index (χ2v) is 3.14. The molecular formula is C8H10BrNO2. The summed E-state index contributed by atoms with van der Waals surface area (Å²) in [5.74, 6) is 0. The molecule has 0 aromatic carbocycles. The number of nitrogens with zero attached hydrogens (tertiary/aromatic N) is 1. The topological polar surface area (TPSA) is 31.2 Å². The molecule has 0 spiro atoms. The third-order valence-electron chi connectivity index (χ3n) is 1.52. The van der Waals surface area contributed by atoms with E-state index in [2.05, 4.69) is 15.9 Å². The van der Waals surface area contributed by atoms with Gasteiger partial charge in [0.05, 0.1) is 17.8 Å². The number of rotatable bonds is 3. The van der Waals surface area contributed by atoms with Gasteiger partial charge in [-0.25, -0.2) is 0 Å². The van der Waals surface area contributed by atoms with Crippen LogP contribution in [0, 0.1) is 0 Å². The smallest absolute Gasteiger partial charge is 0.251 e. The zero-order valence-corrected chi connectivity index (χ0v) is 8.37. The summed E-state index contributed by atoms with van der Waals surface area (Å²) in [7, 11) is 1.61. The molecule has 0 atom stereocenters. The number of pyridine rings is 1. The second-order valence-electron chi connectivity index (χ2n) is 2.33. The van der Waals surface area contributed by atoms with Crippen LogP contribution < -0.4 is 5.56 Å². The minimum absolute atomic E-state index is 0.0126. The molecule has 0 unspecified atom stereocenters. The zero-order chi connectivity index (χ0) is 8.97. The van der Waals surface area contributed by atoms with E-state index in [1.807, 2.05) is 6.07 Å². The molecule has 4 heteroatoms. The van der Waals surface area contributed by atoms with Crippen LogP contribution in [0.4, 0.5) is 0 Å². The molecule has 66 valence electrons. The normalized spacial score (nSPS) is 10.2. The van der Waals surface area contributed by atoms with Crippen molar-refractivity contribution < 1.29 is 4.74 Å². The van der Waals surface area contributed by atoms with Gasteiger partial charge in [0.15, 0.2) is 0 Å². The van der Waals surface area contributed by atoms with Crippen LogP contribution >= 0.6 is 15.9 Å². The van der Waals surface area contributed by atoms with Crippen LogP contribution in [0.5, 0.6) is 0 Å². The van der Waals surface area contributed by atoms with Gasteiger partial charge in [-0.05, 0) is 22.0 Å². The molecule has 3 nitrogen and oxygen atoms in total. The van der Waals surface area contributed by atoms with E-state index < -0.39 is 0 Å². The van der Waals surface area contributed by atoms with Crippen molar-refractivity contribution in [3.63, 3.8) is 0 Å². The first kappa shape index (κ1) is 9.48. The van der Waals surface area contributed by atoms with Gasteiger partial charge in [0.1, 0.15) is 0 Å². The SMILES string of the molecule is COCCn1c(Br)cccc1=O. The predicted octanol–water partition coefficient (Wildman–Crippen LogP) is 1.26. The van der Waals surface area contributed by atoms with Crippen molar-refractivity contribution >= 4 is 15.9 Å². The Labute approximate surface area is 79.1 Å². The molecule has 1 rings (SSSR count). The maximum atomic E-state index is 11.2. The van der Waals surface area contributed by atoms with Crippen molar-refractivity contribution in [2.24, 2.45) is 0 Å². The van der Waals surface area contributed by atoms with Crippen LogP contribution in [-0.2, 0) is 11.3 Å². The summed E-state index contributed by atoms with van der Waals surface area (Å²) in [5, 5.41) is 0. The Kier molecular flexibility index (Phi) is 3.49. The molecule has 0 radical (unpaired) electrons. The van der Waals surface area contributed by atoms with Gasteiger partial charge in [0, 0.05) is 13.2 Å². The van der Waals surface area contributed by atoms with Crippen LogP contribution in [0.3, 0.4) is 0 Å². The Morgan fingerprint density at radius 1 is 1.58 bits per heavy atom. The zero-order valence-electron chi connectivity index (χ0n) is 6.79. The average Bonchev–Trinajstić information content (AvgIpc) is 2.04. The number of ether oxygens (including phenoxy) is 1. The van der Waals surface area contributed by atoms with Crippen molar-refractivity contribution in [2.45, 2.75) is 6.54 Å². The van der Waals surface area contributed by atoms with Crippen molar-refractivity contribution in [1.29, 1.82) is 0 Å². The highest BCUT2D eigenvalue weighted by Crippen LogP contribution is 2.04. The molecule has 0 fully saturated rings. The lowest BCUT2D eigenvalue weighted by Crippen LogP contribution is -2.21. The van der Waals surface area contributed by atoms with Crippen molar-refractivity contribution in [3.8, 4) is 0 Å². The molecule has 0 aliphatic heterocycles. The fraction of sp³-hybridized carbons (Fsp3) is 0.375. The molecule has 0 bridgehead atoms. The van der Waals surface area contributed by atoms with Gasteiger partial charge in [-0.15, -0.1) is 0 Å². The molecule has 0 amide bonds. The third kappa shape index (κ3) is 2.19. The van der Waals surface area contributed by atoms with Gasteiger partial charge in [-0.3, -0.25) is 4.79 Å². The number of methoxy groups -OCH3 is 1. The first-order valence-corrected chi connectivity index (χ1v) is 4.39. The fourth-order valence-corrected chi connectivity index (χ4v) is 1.40. The number of halogens is 1. The van der Waals surface area contributed by atoms with E-state index in [1.165, 1.54) is 6.07 Å². The van der Waals surface area contributed by atoms with Crippen LogP contribution in [0.15, 0.2) is 27.6 Å². The maximum absolute atomic E-state index is 11.2. The molecule has 0 saturated carbocycles. The molecule has 1 aromatic heterocycles. The predicted molar refractivity (Wildman–Crippen MR) is 50.3 cm³/mol. The van der Waals surface area contributed by atoms with E-state index >= 15 is 0 Å². The van der Waals surface area contributed by atoms with Gasteiger partial charge < -0.3 is 9.30 Å². The molecule has 0 N–H and O–H groups in total. The third-order valence-corrected chi connectivity index (χ3v) is 2.21. The van der Waals surface area contributed by atoms with E-state index in [0.717, 1.165) is 4.60 Å². The first-order chi connectivity index (χ1) is 5.75. The minimum atomic E-state index is -0.0126. The lowest BCUT2D eigenvalue weighted by atomic mass is 10.4. The first-order valence-electron chi connectivity index (χ1n) is 3.60. The van der Waals surface area contributed by atoms with Crippen molar-refractivity contribution in [3.05, 3.63) is 33.2 Å². The molecule has 0 saturated heterocycles. The van der Waals surface area contributed by atoms with Crippen molar-refractivity contribution in [1.82, 2.24) is 4.57 Å². The van der Waals surface area contributed by atoms with E-state index in [1.54, 1.807) is 17.7 Å². The highest BCUT2D eigenvalue weighted by Gasteiger charge is 1.98. The van der Waals surface area contributed by atoms with Gasteiger partial charge in [0.25, 0.3) is 5.56 Å². The Morgan fingerprint density at radius 2 is 2.33 bits per heavy atom. The van der Waals surface area contributed by atoms with Crippen LogP contribution in [0.2, 0.25) is 0 Å². The number of hydrogen-bond donors (Lipinski definition) is 0. The van der Waals surface area contributed by atoms with Crippen LogP contribution in [0.25, 0.3) is 0 Å². The van der Waals surface area contributed by atoms with Crippen LogP contribution in [-0.4, -0.2) is 18.3 Å². The van der Waals surface area contributed by atoms with Gasteiger partial charge in [0.2, 0.25) is 0 Å². The maximum Gasteiger partial charge on any atom is 0.251 e. The Bertz CT molecular complexity index is 308. The molecule has 1 heterocycles. The highest BCUT2D eigenvalue weighted by atomic mass is 79.9. The molecule has 1 aromatic rings. The lowest BCUT2D eigenvalue weighted by Gasteiger charge is -2.06. The standard InChI is InChI=1S/C8H10BrNO2/c1-12-6-5-10-7(9)3-2-4-8(10)11/h2-4H,5-6H2,1H3. The lowest BCUT2D eigenvalue weighted by molar-refractivity contribution is 0.185. The van der Waals surface area contributed by atoms with Crippen LogP contribution in [0.1, 0.15) is 0 Å². The quantitative estimate of drug-likeness (QED) is 0.734. The fourth-order valence-electron chi connectivity index (χ4n) is 0.895. The number of aromatic nitrogens is 1. The van der Waals surface area contributed by atoms with Gasteiger partial charge in [-0.2, -0.15) is 0 Å². The summed E-state index contributed by atoms with van der Waals surface area (Å²) in [4.78, 5) is 11.2. The Balaban J connectivity index is 2.89. The monoisotopic (exact) mass is 231 g/mol. The molecule has 0 aliphatic rings. The summed E-state index contributed by atoms with van der Waals surface area (Å²) in [6.45, 7) is 1.12. The van der Waals surface area contributed by atoms with E-state index in [0.29, 0.717) is 13.2 Å². The molecular weight excluding hydrogens is 222 g/mol.